The first-order valence-corrected chi connectivity index (χ1v) is 3.22. The number of hydrogen-bond donors (Lipinski definition) is 1. The third-order valence-electron chi connectivity index (χ3n) is 2.24. The number of aliphatic hydroxyl groups is 1. The summed E-state index contributed by atoms with van der Waals surface area (Å²) in [4.78, 5) is 0. The molecule has 0 aromatic heterocycles. The quantitative estimate of drug-likeness (QED) is 0.460. The third kappa shape index (κ3) is 0.451. The third-order valence-corrected chi connectivity index (χ3v) is 2.24. The van der Waals surface area contributed by atoms with Gasteiger partial charge in [0.2, 0.25) is 0 Å². The van der Waals surface area contributed by atoms with Gasteiger partial charge in [0.1, 0.15) is 0 Å². The average Bonchev–Trinajstić information content (AvgIpc) is 2.23. The van der Waals surface area contributed by atoms with E-state index >= 15 is 0 Å². The Kier molecular flexibility index (Phi) is 0.770. The Morgan fingerprint density at radius 2 is 2.12 bits per heavy atom. The van der Waals surface area contributed by atoms with Crippen LogP contribution in [0.3, 0.4) is 0 Å². The number of fused-ring (bicyclic) bond motifs is 2. The molecule has 0 aromatic carbocycles. The first-order chi connectivity index (χ1) is 3.86. The number of allylic oxidation sites excluding steroid dienone is 1. The molecule has 0 aliphatic heterocycles. The standard InChI is InChI=1S/C7H10O/c8-7-4-5-1-2-6(7)3-5/h1-2,5-8H,3-4H2. The number of aliphatic hydroxyl groups excluding tert-OH is 1. The fourth-order valence-electron chi connectivity index (χ4n) is 1.75. The lowest BCUT2D eigenvalue weighted by Gasteiger charge is -2.08. The largest absolute Gasteiger partial charge is 0.392 e. The minimum Gasteiger partial charge on any atom is -0.392 e. The summed E-state index contributed by atoms with van der Waals surface area (Å²) in [5, 5.41) is 9.17. The molecule has 1 saturated carbocycles. The molecule has 2 aliphatic carbocycles. The first kappa shape index (κ1) is 4.57. The summed E-state index contributed by atoms with van der Waals surface area (Å²) < 4.78 is 0. The van der Waals surface area contributed by atoms with Crippen molar-refractivity contribution in [3.8, 4) is 0 Å². The van der Waals surface area contributed by atoms with Gasteiger partial charge in [-0.25, -0.2) is 0 Å². The minimum absolute atomic E-state index is 0.00926. The van der Waals surface area contributed by atoms with E-state index in [2.05, 4.69) is 12.2 Å². The highest BCUT2D eigenvalue weighted by atomic mass is 16.3. The summed E-state index contributed by atoms with van der Waals surface area (Å²) in [6.07, 6.45) is 6.60. The summed E-state index contributed by atoms with van der Waals surface area (Å²) in [5.41, 5.74) is 0. The van der Waals surface area contributed by atoms with Crippen LogP contribution in [0.1, 0.15) is 12.8 Å². The Morgan fingerprint density at radius 1 is 1.25 bits per heavy atom. The second-order valence-electron chi connectivity index (χ2n) is 2.85. The maximum absolute atomic E-state index is 9.17. The zero-order valence-corrected chi connectivity index (χ0v) is 4.75. The predicted octanol–water partition coefficient (Wildman–Crippen LogP) is 0.943. The molecule has 3 unspecified atom stereocenters. The van der Waals surface area contributed by atoms with Crippen LogP contribution in [0.25, 0.3) is 0 Å². The fraction of sp³-hybridized carbons (Fsp3) is 0.714. The summed E-state index contributed by atoms with van der Waals surface area (Å²) in [5.74, 6) is 1.23. The topological polar surface area (TPSA) is 20.2 Å². The van der Waals surface area contributed by atoms with Crippen molar-refractivity contribution >= 4 is 0 Å². The van der Waals surface area contributed by atoms with E-state index in [1.807, 2.05) is 0 Å². The molecule has 2 rings (SSSR count). The van der Waals surface area contributed by atoms with Crippen molar-refractivity contribution in [2.24, 2.45) is 11.8 Å². The Bertz CT molecular complexity index is 128. The van der Waals surface area contributed by atoms with Crippen LogP contribution in [0.2, 0.25) is 0 Å². The summed E-state index contributed by atoms with van der Waals surface area (Å²) in [6, 6.07) is 0. The molecule has 0 saturated heterocycles. The highest BCUT2D eigenvalue weighted by Crippen LogP contribution is 2.38. The van der Waals surface area contributed by atoms with Crippen molar-refractivity contribution in [3.05, 3.63) is 12.2 Å². The van der Waals surface area contributed by atoms with E-state index in [0.717, 1.165) is 12.3 Å². The lowest BCUT2D eigenvalue weighted by Crippen LogP contribution is -2.11. The molecule has 0 heterocycles. The van der Waals surface area contributed by atoms with Gasteiger partial charge < -0.3 is 5.11 Å². The first-order valence-electron chi connectivity index (χ1n) is 3.22. The molecule has 44 valence electrons. The van der Waals surface area contributed by atoms with Gasteiger partial charge in [-0.1, -0.05) is 12.2 Å². The fourth-order valence-corrected chi connectivity index (χ4v) is 1.75. The van der Waals surface area contributed by atoms with E-state index in [4.69, 9.17) is 5.11 Å². The van der Waals surface area contributed by atoms with Crippen LogP contribution in [0, 0.1) is 11.8 Å². The molecule has 1 N–H and O–H groups in total. The SMILES string of the molecule is OC1CC2C=CC1C2. The monoisotopic (exact) mass is 110 g/mol. The predicted molar refractivity (Wildman–Crippen MR) is 31.4 cm³/mol. The van der Waals surface area contributed by atoms with Crippen LogP contribution >= 0.6 is 0 Å². The van der Waals surface area contributed by atoms with Crippen molar-refractivity contribution in [2.45, 2.75) is 18.9 Å². The number of rotatable bonds is 0. The van der Waals surface area contributed by atoms with Gasteiger partial charge in [0.05, 0.1) is 6.10 Å². The molecular formula is C7H10O. The normalized spacial score (nSPS) is 50.9. The van der Waals surface area contributed by atoms with Gasteiger partial charge in [0.15, 0.2) is 0 Å². The van der Waals surface area contributed by atoms with Gasteiger partial charge in [-0.3, -0.25) is 0 Å². The van der Waals surface area contributed by atoms with Crippen LogP contribution in [-0.4, -0.2) is 11.2 Å². The smallest absolute Gasteiger partial charge is 0.0608 e. The maximum atomic E-state index is 9.17. The summed E-state index contributed by atoms with van der Waals surface area (Å²) >= 11 is 0. The number of hydrogen-bond acceptors (Lipinski definition) is 1. The van der Waals surface area contributed by atoms with Gasteiger partial charge in [-0.15, -0.1) is 0 Å². The maximum Gasteiger partial charge on any atom is 0.0608 e. The molecule has 2 aliphatic rings. The molecule has 1 heteroatoms. The minimum atomic E-state index is -0.00926. The van der Waals surface area contributed by atoms with Crippen LogP contribution in [-0.2, 0) is 0 Å². The molecule has 8 heavy (non-hydrogen) atoms. The molecule has 2 bridgehead atoms. The molecule has 0 amide bonds. The van der Waals surface area contributed by atoms with E-state index in [0.29, 0.717) is 5.92 Å². The lowest BCUT2D eigenvalue weighted by atomic mass is 10.1. The molecular weight excluding hydrogens is 100 g/mol. The van der Waals surface area contributed by atoms with E-state index in [-0.39, 0.29) is 6.10 Å². The highest BCUT2D eigenvalue weighted by Gasteiger charge is 2.33. The zero-order chi connectivity index (χ0) is 5.56. The van der Waals surface area contributed by atoms with Crippen molar-refractivity contribution in [1.82, 2.24) is 0 Å². The zero-order valence-electron chi connectivity index (χ0n) is 4.75. The second-order valence-corrected chi connectivity index (χ2v) is 2.85. The molecule has 0 spiro atoms. The summed E-state index contributed by atoms with van der Waals surface area (Å²) in [6.45, 7) is 0. The van der Waals surface area contributed by atoms with E-state index in [1.165, 1.54) is 6.42 Å². The Hall–Kier alpha value is -0.300. The molecule has 3 atom stereocenters. The lowest BCUT2D eigenvalue weighted by molar-refractivity contribution is 0.148. The molecule has 0 aromatic rings. The van der Waals surface area contributed by atoms with Crippen LogP contribution in [0.4, 0.5) is 0 Å². The Balaban J connectivity index is 2.23. The van der Waals surface area contributed by atoms with Gasteiger partial charge in [0, 0.05) is 5.92 Å². The van der Waals surface area contributed by atoms with Gasteiger partial charge in [-0.05, 0) is 18.8 Å². The van der Waals surface area contributed by atoms with Gasteiger partial charge in [-0.2, -0.15) is 0 Å². The molecule has 1 nitrogen and oxygen atoms in total. The van der Waals surface area contributed by atoms with Crippen LogP contribution in [0.15, 0.2) is 12.2 Å². The van der Waals surface area contributed by atoms with Crippen LogP contribution < -0.4 is 0 Å². The highest BCUT2D eigenvalue weighted by molar-refractivity contribution is 5.10. The van der Waals surface area contributed by atoms with E-state index in [9.17, 15) is 0 Å². The Morgan fingerprint density at radius 3 is 2.38 bits per heavy atom. The summed E-state index contributed by atoms with van der Waals surface area (Å²) in [7, 11) is 0. The van der Waals surface area contributed by atoms with Crippen LogP contribution in [0.5, 0.6) is 0 Å². The van der Waals surface area contributed by atoms with Crippen molar-refractivity contribution in [3.63, 3.8) is 0 Å². The van der Waals surface area contributed by atoms with Crippen molar-refractivity contribution in [1.29, 1.82) is 0 Å². The molecule has 1 fully saturated rings. The van der Waals surface area contributed by atoms with Crippen molar-refractivity contribution < 1.29 is 5.11 Å². The van der Waals surface area contributed by atoms with Gasteiger partial charge >= 0.3 is 0 Å². The van der Waals surface area contributed by atoms with E-state index < -0.39 is 0 Å². The van der Waals surface area contributed by atoms with Crippen molar-refractivity contribution in [2.75, 3.05) is 0 Å². The Labute approximate surface area is 49.0 Å². The van der Waals surface area contributed by atoms with Gasteiger partial charge in [0.25, 0.3) is 0 Å². The average molecular weight is 110 g/mol. The van der Waals surface area contributed by atoms with E-state index in [1.54, 1.807) is 0 Å². The second kappa shape index (κ2) is 1.35. The molecule has 0 radical (unpaired) electrons.